The summed E-state index contributed by atoms with van der Waals surface area (Å²) in [5.74, 6) is 0.445. The highest BCUT2D eigenvalue weighted by molar-refractivity contribution is 14.1. The Bertz CT molecular complexity index is 293. The molecule has 0 saturated heterocycles. The highest BCUT2D eigenvalue weighted by Crippen LogP contribution is 2.26. The summed E-state index contributed by atoms with van der Waals surface area (Å²) in [4.78, 5) is 0. The summed E-state index contributed by atoms with van der Waals surface area (Å²) in [6, 6.07) is 5.27. The van der Waals surface area contributed by atoms with Crippen molar-refractivity contribution in [3.05, 3.63) is 26.2 Å². The van der Waals surface area contributed by atoms with Gasteiger partial charge in [0.05, 0.1) is 4.47 Å². The second-order valence-corrected chi connectivity index (χ2v) is 4.38. The van der Waals surface area contributed by atoms with Crippen molar-refractivity contribution in [1.82, 2.24) is 0 Å². The highest BCUT2D eigenvalue weighted by Gasteiger charge is 2.06. The number of benzene rings is 1. The fraction of sp³-hybridized carbons (Fsp3) is 0.250. The van der Waals surface area contributed by atoms with Crippen LogP contribution in [-0.2, 0) is 0 Å². The third kappa shape index (κ3) is 3.76. The van der Waals surface area contributed by atoms with E-state index in [4.69, 9.17) is 4.74 Å². The van der Waals surface area contributed by atoms with Gasteiger partial charge in [-0.1, -0.05) is 0 Å². The Morgan fingerprint density at radius 2 is 2.15 bits per heavy atom. The summed E-state index contributed by atoms with van der Waals surface area (Å²) < 4.78 is 30.1. The van der Waals surface area contributed by atoms with Crippen LogP contribution in [0.5, 0.6) is 5.75 Å². The van der Waals surface area contributed by atoms with Crippen molar-refractivity contribution in [3.8, 4) is 5.75 Å². The number of alkyl halides is 2. The number of rotatable bonds is 3. The van der Waals surface area contributed by atoms with Gasteiger partial charge in [0.25, 0.3) is 6.43 Å². The van der Waals surface area contributed by atoms with Crippen LogP contribution in [0.15, 0.2) is 22.7 Å². The minimum atomic E-state index is -2.44. The van der Waals surface area contributed by atoms with Crippen molar-refractivity contribution in [3.63, 3.8) is 0 Å². The largest absolute Gasteiger partial charge is 0.486 e. The molecular weight excluding hydrogens is 357 g/mol. The van der Waals surface area contributed by atoms with E-state index < -0.39 is 13.0 Å². The SMILES string of the molecule is FC(F)COc1ccc(I)cc1Br. The van der Waals surface area contributed by atoms with Gasteiger partial charge in [-0.3, -0.25) is 0 Å². The van der Waals surface area contributed by atoms with Crippen LogP contribution in [0.25, 0.3) is 0 Å². The normalized spacial score (nSPS) is 10.5. The van der Waals surface area contributed by atoms with E-state index in [-0.39, 0.29) is 0 Å². The lowest BCUT2D eigenvalue weighted by atomic mass is 10.3. The van der Waals surface area contributed by atoms with Crippen molar-refractivity contribution < 1.29 is 13.5 Å². The first kappa shape index (κ1) is 11.2. The van der Waals surface area contributed by atoms with Crippen molar-refractivity contribution in [2.24, 2.45) is 0 Å². The molecule has 0 N–H and O–H groups in total. The van der Waals surface area contributed by atoms with E-state index in [1.807, 2.05) is 0 Å². The maximum atomic E-state index is 11.8. The molecule has 72 valence electrons. The molecule has 0 saturated carbocycles. The molecule has 0 heterocycles. The van der Waals surface area contributed by atoms with Gasteiger partial charge in [-0.2, -0.15) is 0 Å². The minimum absolute atomic E-state index is 0.445. The van der Waals surface area contributed by atoms with Crippen LogP contribution in [0.4, 0.5) is 8.78 Å². The molecular formula is C8H6BrF2IO. The average Bonchev–Trinajstić information content (AvgIpc) is 2.02. The van der Waals surface area contributed by atoms with Crippen LogP contribution in [0, 0.1) is 3.57 Å². The Morgan fingerprint density at radius 1 is 1.46 bits per heavy atom. The lowest BCUT2D eigenvalue weighted by Crippen LogP contribution is -2.07. The zero-order valence-corrected chi connectivity index (χ0v) is 10.2. The summed E-state index contributed by atoms with van der Waals surface area (Å²) in [5, 5.41) is 0. The van der Waals surface area contributed by atoms with E-state index in [0.717, 1.165) is 3.57 Å². The molecule has 1 aromatic rings. The average molecular weight is 363 g/mol. The van der Waals surface area contributed by atoms with E-state index in [2.05, 4.69) is 38.5 Å². The third-order valence-electron chi connectivity index (χ3n) is 1.26. The third-order valence-corrected chi connectivity index (χ3v) is 2.55. The predicted octanol–water partition coefficient (Wildman–Crippen LogP) is 3.70. The zero-order valence-electron chi connectivity index (χ0n) is 6.44. The number of hydrogen-bond acceptors (Lipinski definition) is 1. The Morgan fingerprint density at radius 3 is 2.69 bits per heavy atom. The van der Waals surface area contributed by atoms with Gasteiger partial charge in [0.2, 0.25) is 0 Å². The van der Waals surface area contributed by atoms with Crippen molar-refractivity contribution in [1.29, 1.82) is 0 Å². The highest BCUT2D eigenvalue weighted by atomic mass is 127. The number of ether oxygens (including phenoxy) is 1. The van der Waals surface area contributed by atoms with Gasteiger partial charge in [0.15, 0.2) is 0 Å². The first-order chi connectivity index (χ1) is 6.09. The first-order valence-corrected chi connectivity index (χ1v) is 5.33. The number of halogens is 4. The molecule has 1 rings (SSSR count). The van der Waals surface area contributed by atoms with Crippen molar-refractivity contribution >= 4 is 38.5 Å². The van der Waals surface area contributed by atoms with Gasteiger partial charge in [0, 0.05) is 3.57 Å². The van der Waals surface area contributed by atoms with E-state index in [1.54, 1.807) is 18.2 Å². The lowest BCUT2D eigenvalue weighted by Gasteiger charge is -2.07. The number of hydrogen-bond donors (Lipinski definition) is 0. The molecule has 5 heteroatoms. The molecule has 0 aliphatic carbocycles. The Balaban J connectivity index is 2.67. The molecule has 1 aromatic carbocycles. The summed E-state index contributed by atoms with van der Waals surface area (Å²) in [5.41, 5.74) is 0. The van der Waals surface area contributed by atoms with Crippen LogP contribution in [-0.4, -0.2) is 13.0 Å². The summed E-state index contributed by atoms with van der Waals surface area (Å²) in [6.45, 7) is -0.570. The monoisotopic (exact) mass is 362 g/mol. The fourth-order valence-electron chi connectivity index (χ4n) is 0.745. The molecule has 0 radical (unpaired) electrons. The van der Waals surface area contributed by atoms with E-state index in [0.29, 0.717) is 10.2 Å². The van der Waals surface area contributed by atoms with Gasteiger partial charge in [-0.05, 0) is 56.7 Å². The summed E-state index contributed by atoms with van der Waals surface area (Å²) in [7, 11) is 0. The molecule has 0 aromatic heterocycles. The maximum absolute atomic E-state index is 11.8. The zero-order chi connectivity index (χ0) is 9.84. The lowest BCUT2D eigenvalue weighted by molar-refractivity contribution is 0.0815. The Kier molecular flexibility index (Phi) is 4.37. The molecule has 0 fully saturated rings. The van der Waals surface area contributed by atoms with Crippen LogP contribution in [0.3, 0.4) is 0 Å². The van der Waals surface area contributed by atoms with Crippen molar-refractivity contribution in [2.75, 3.05) is 6.61 Å². The molecule has 0 atom stereocenters. The van der Waals surface area contributed by atoms with Crippen LogP contribution in [0.2, 0.25) is 0 Å². The minimum Gasteiger partial charge on any atom is -0.486 e. The molecule has 0 spiro atoms. The summed E-state index contributed by atoms with van der Waals surface area (Å²) >= 11 is 5.35. The van der Waals surface area contributed by atoms with Gasteiger partial charge in [0.1, 0.15) is 12.4 Å². The molecule has 0 bridgehead atoms. The summed E-state index contributed by atoms with van der Waals surface area (Å²) in [6.07, 6.45) is -2.44. The fourth-order valence-corrected chi connectivity index (χ4v) is 2.16. The first-order valence-electron chi connectivity index (χ1n) is 3.45. The Labute approximate surface area is 96.7 Å². The topological polar surface area (TPSA) is 9.23 Å². The molecule has 0 amide bonds. The second-order valence-electron chi connectivity index (χ2n) is 2.28. The van der Waals surface area contributed by atoms with E-state index in [9.17, 15) is 8.78 Å². The molecule has 13 heavy (non-hydrogen) atoms. The van der Waals surface area contributed by atoms with Gasteiger partial charge in [-0.25, -0.2) is 8.78 Å². The molecule has 1 nitrogen and oxygen atoms in total. The molecule has 0 unspecified atom stereocenters. The van der Waals surface area contributed by atoms with E-state index in [1.165, 1.54) is 0 Å². The predicted molar refractivity (Wildman–Crippen MR) is 58.4 cm³/mol. The standard InChI is InChI=1S/C8H6BrF2IO/c9-6-3-5(12)1-2-7(6)13-4-8(10)11/h1-3,8H,4H2. The van der Waals surface area contributed by atoms with Gasteiger partial charge < -0.3 is 4.74 Å². The van der Waals surface area contributed by atoms with E-state index >= 15 is 0 Å². The van der Waals surface area contributed by atoms with Gasteiger partial charge in [-0.15, -0.1) is 0 Å². The maximum Gasteiger partial charge on any atom is 0.272 e. The van der Waals surface area contributed by atoms with Crippen molar-refractivity contribution in [2.45, 2.75) is 6.43 Å². The van der Waals surface area contributed by atoms with Crippen LogP contribution >= 0.6 is 38.5 Å². The van der Waals surface area contributed by atoms with Crippen LogP contribution < -0.4 is 4.74 Å². The quantitative estimate of drug-likeness (QED) is 0.745. The smallest absolute Gasteiger partial charge is 0.272 e. The second kappa shape index (κ2) is 5.09. The van der Waals surface area contributed by atoms with Crippen LogP contribution in [0.1, 0.15) is 0 Å². The Hall–Kier alpha value is 0.0900. The molecule has 0 aliphatic rings. The van der Waals surface area contributed by atoms with Gasteiger partial charge >= 0.3 is 0 Å². The molecule has 0 aliphatic heterocycles.